The zero-order valence-electron chi connectivity index (χ0n) is 22.8. The zero-order chi connectivity index (χ0) is 26.2. The summed E-state index contributed by atoms with van der Waals surface area (Å²) < 4.78 is 11.8. The lowest BCUT2D eigenvalue weighted by atomic mass is 10.0. The van der Waals surface area contributed by atoms with Crippen molar-refractivity contribution < 1.29 is 23.9 Å². The molecule has 2 amide bonds. The van der Waals surface area contributed by atoms with Crippen LogP contribution in [0.3, 0.4) is 0 Å². The number of ether oxygens (including phenoxy) is 2. The predicted molar refractivity (Wildman–Crippen MR) is 141 cm³/mol. The zero-order valence-corrected chi connectivity index (χ0v) is 22.8. The third-order valence-corrected chi connectivity index (χ3v) is 7.15. The number of hydroxylamine groups is 1. The smallest absolute Gasteiger partial charge is 0.250 e. The summed E-state index contributed by atoms with van der Waals surface area (Å²) in [4.78, 5) is 30.9. The van der Waals surface area contributed by atoms with Gasteiger partial charge in [0.25, 0.3) is 5.91 Å². The largest absolute Gasteiger partial charge is 0.376 e. The van der Waals surface area contributed by atoms with Crippen molar-refractivity contribution in [1.82, 2.24) is 15.7 Å². The topological polar surface area (TPSA) is 89.1 Å². The molecule has 8 nitrogen and oxygen atoms in total. The fourth-order valence-electron chi connectivity index (χ4n) is 4.88. The predicted octanol–water partition coefficient (Wildman–Crippen LogP) is 5.31. The molecular weight excluding hydrogens is 458 g/mol. The number of unbranched alkanes of at least 4 members (excludes halogenated alkanes) is 12. The highest BCUT2D eigenvalue weighted by atomic mass is 16.7. The molecule has 36 heavy (non-hydrogen) atoms. The van der Waals surface area contributed by atoms with Crippen LogP contribution in [0.25, 0.3) is 0 Å². The number of hydrogen-bond acceptors (Lipinski definition) is 6. The van der Waals surface area contributed by atoms with Crippen LogP contribution in [-0.2, 0) is 23.9 Å². The van der Waals surface area contributed by atoms with Gasteiger partial charge in [0.2, 0.25) is 5.91 Å². The van der Waals surface area contributed by atoms with Gasteiger partial charge in [-0.2, -0.15) is 0 Å². The van der Waals surface area contributed by atoms with Crippen molar-refractivity contribution >= 4 is 11.8 Å². The van der Waals surface area contributed by atoms with Crippen LogP contribution in [0.2, 0.25) is 0 Å². The van der Waals surface area contributed by atoms with Crippen LogP contribution in [0, 0.1) is 5.92 Å². The molecule has 2 rings (SSSR count). The normalized spacial score (nSPS) is 23.8. The lowest BCUT2D eigenvalue weighted by Gasteiger charge is -2.33. The lowest BCUT2D eigenvalue weighted by Crippen LogP contribution is -2.46. The molecule has 8 heteroatoms. The van der Waals surface area contributed by atoms with E-state index in [1.54, 1.807) is 18.2 Å². The van der Waals surface area contributed by atoms with Gasteiger partial charge in [0.1, 0.15) is 18.5 Å². The molecule has 2 N–H and O–H groups in total. The average Bonchev–Trinajstić information content (AvgIpc) is 3.16. The minimum Gasteiger partial charge on any atom is -0.376 e. The highest BCUT2D eigenvalue weighted by molar-refractivity contribution is 5.89. The number of hydrogen-bond donors (Lipinski definition) is 2. The molecule has 2 heterocycles. The monoisotopic (exact) mass is 507 g/mol. The van der Waals surface area contributed by atoms with Gasteiger partial charge in [-0.15, -0.1) is 0 Å². The first-order chi connectivity index (χ1) is 17.5. The molecule has 0 spiro atoms. The standard InChI is InChI=1S/C28H49N3O5/c1-5-6-7-8-9-10-11-12-13-14-15-16-17-18-26(33)30-35-21-24-22(2)27(34-4)28(36-24)31-20-19-25(32)29-23(31)3/h19-20,22,24,27-28H,3,5-18,21H2,1-2,4H3,(H,29,32)(H,30,33). The van der Waals surface area contributed by atoms with Crippen LogP contribution in [0.15, 0.2) is 24.7 Å². The maximum absolute atomic E-state index is 12.1. The third kappa shape index (κ3) is 10.6. The van der Waals surface area contributed by atoms with Crippen molar-refractivity contribution in [3.8, 4) is 0 Å². The van der Waals surface area contributed by atoms with Gasteiger partial charge in [0, 0.05) is 31.7 Å². The Balaban J connectivity index is 1.51. The summed E-state index contributed by atoms with van der Waals surface area (Å²) in [6.07, 6.45) is 19.3. The molecule has 0 bridgehead atoms. The van der Waals surface area contributed by atoms with Crippen molar-refractivity contribution in [2.24, 2.45) is 5.92 Å². The number of carbonyl (C=O) groups excluding carboxylic acids is 2. The SMILES string of the molecule is C=C1NC(=O)C=CN1C1OC(CONC(=O)CCCCCCCCCCCCCCC)C(C)C1OC. The summed E-state index contributed by atoms with van der Waals surface area (Å²) in [5.41, 5.74) is 2.55. The Labute approximate surface area is 218 Å². The van der Waals surface area contributed by atoms with Crippen molar-refractivity contribution in [2.45, 2.75) is 122 Å². The van der Waals surface area contributed by atoms with Gasteiger partial charge < -0.3 is 19.7 Å². The minimum atomic E-state index is -0.440. The van der Waals surface area contributed by atoms with Gasteiger partial charge in [-0.05, 0) is 6.42 Å². The molecule has 4 unspecified atom stereocenters. The van der Waals surface area contributed by atoms with Crippen molar-refractivity contribution in [2.75, 3.05) is 13.7 Å². The first kappa shape index (κ1) is 30.3. The van der Waals surface area contributed by atoms with Crippen LogP contribution < -0.4 is 10.8 Å². The summed E-state index contributed by atoms with van der Waals surface area (Å²) in [7, 11) is 1.63. The fraction of sp³-hybridized carbons (Fsp3) is 0.786. The van der Waals surface area contributed by atoms with Crippen LogP contribution in [0.1, 0.15) is 104 Å². The Morgan fingerprint density at radius 3 is 2.19 bits per heavy atom. The Hall–Kier alpha value is -1.90. The van der Waals surface area contributed by atoms with Crippen LogP contribution in [-0.4, -0.2) is 48.9 Å². The molecule has 1 saturated heterocycles. The summed E-state index contributed by atoms with van der Waals surface area (Å²) >= 11 is 0. The van der Waals surface area contributed by atoms with E-state index in [-0.39, 0.29) is 36.5 Å². The molecule has 0 aliphatic carbocycles. The third-order valence-electron chi connectivity index (χ3n) is 7.15. The van der Waals surface area contributed by atoms with Gasteiger partial charge in [-0.3, -0.25) is 14.4 Å². The number of methoxy groups -OCH3 is 1. The minimum absolute atomic E-state index is 0.0248. The fourth-order valence-corrected chi connectivity index (χ4v) is 4.88. The van der Waals surface area contributed by atoms with Crippen molar-refractivity contribution in [1.29, 1.82) is 0 Å². The highest BCUT2D eigenvalue weighted by Gasteiger charge is 2.45. The van der Waals surface area contributed by atoms with Crippen LogP contribution in [0.4, 0.5) is 0 Å². The molecule has 0 aromatic rings. The van der Waals surface area contributed by atoms with E-state index in [9.17, 15) is 9.59 Å². The average molecular weight is 508 g/mol. The number of nitrogens with zero attached hydrogens (tertiary/aromatic N) is 1. The Morgan fingerprint density at radius 1 is 1.06 bits per heavy atom. The molecule has 2 aliphatic heterocycles. The Kier molecular flexibility index (Phi) is 14.8. The first-order valence-corrected chi connectivity index (χ1v) is 14.0. The van der Waals surface area contributed by atoms with Crippen molar-refractivity contribution in [3.05, 3.63) is 24.7 Å². The molecule has 206 valence electrons. The second-order valence-electron chi connectivity index (χ2n) is 10.1. The number of carbonyl (C=O) groups is 2. The van der Waals surface area contributed by atoms with E-state index in [1.807, 2.05) is 6.92 Å². The van der Waals surface area contributed by atoms with Gasteiger partial charge in [-0.25, -0.2) is 5.48 Å². The van der Waals surface area contributed by atoms with Gasteiger partial charge in [-0.1, -0.05) is 97.5 Å². The Bertz CT molecular complexity index is 699. The second kappa shape index (κ2) is 17.5. The molecule has 4 atom stereocenters. The summed E-state index contributed by atoms with van der Waals surface area (Å²) in [6.45, 7) is 8.39. The lowest BCUT2D eigenvalue weighted by molar-refractivity contribution is -0.139. The molecule has 1 fully saturated rings. The summed E-state index contributed by atoms with van der Waals surface area (Å²) in [5.74, 6) is 0.146. The van der Waals surface area contributed by atoms with Crippen LogP contribution >= 0.6 is 0 Å². The van der Waals surface area contributed by atoms with E-state index in [1.165, 1.54) is 76.7 Å². The molecule has 0 aromatic carbocycles. The van der Waals surface area contributed by atoms with Gasteiger partial charge in [0.15, 0.2) is 6.23 Å². The van der Waals surface area contributed by atoms with Gasteiger partial charge in [0.05, 0.1) is 6.10 Å². The van der Waals surface area contributed by atoms with E-state index in [2.05, 4.69) is 24.3 Å². The number of amides is 2. The van der Waals surface area contributed by atoms with E-state index < -0.39 is 6.23 Å². The number of nitrogens with one attached hydrogen (secondary N) is 2. The van der Waals surface area contributed by atoms with Crippen LogP contribution in [0.5, 0.6) is 0 Å². The molecule has 0 saturated carbocycles. The first-order valence-electron chi connectivity index (χ1n) is 14.0. The van der Waals surface area contributed by atoms with Crippen molar-refractivity contribution in [3.63, 3.8) is 0 Å². The second-order valence-corrected chi connectivity index (χ2v) is 10.1. The highest BCUT2D eigenvalue weighted by Crippen LogP contribution is 2.33. The quantitative estimate of drug-likeness (QED) is 0.182. The molecule has 2 aliphatic rings. The Morgan fingerprint density at radius 2 is 1.64 bits per heavy atom. The number of rotatable bonds is 19. The van der Waals surface area contributed by atoms with E-state index in [0.717, 1.165) is 12.8 Å². The van der Waals surface area contributed by atoms with E-state index in [0.29, 0.717) is 12.2 Å². The molecular formula is C28H49N3O5. The molecule has 0 radical (unpaired) electrons. The summed E-state index contributed by atoms with van der Waals surface area (Å²) in [5, 5.41) is 2.67. The van der Waals surface area contributed by atoms with Gasteiger partial charge >= 0.3 is 0 Å². The maximum Gasteiger partial charge on any atom is 0.250 e. The molecule has 0 aromatic heterocycles. The maximum atomic E-state index is 12.1. The summed E-state index contributed by atoms with van der Waals surface area (Å²) in [6, 6.07) is 0. The van der Waals surface area contributed by atoms with E-state index >= 15 is 0 Å². The van der Waals surface area contributed by atoms with E-state index in [4.69, 9.17) is 14.3 Å².